The first-order valence-corrected chi connectivity index (χ1v) is 4.71. The molecule has 15 heavy (non-hydrogen) atoms. The third kappa shape index (κ3) is 2.02. The number of imidazole rings is 1. The van der Waals surface area contributed by atoms with Crippen LogP contribution in [0.5, 0.6) is 0 Å². The Balaban J connectivity index is 2.37. The molecule has 1 atom stereocenters. The first-order chi connectivity index (χ1) is 7.29. The summed E-state index contributed by atoms with van der Waals surface area (Å²) in [6.45, 7) is 0. The molecule has 0 fully saturated rings. The minimum Gasteiger partial charge on any atom is -0.347 e. The molecule has 0 aliphatic heterocycles. The van der Waals surface area contributed by atoms with Crippen molar-refractivity contribution >= 4 is 0 Å². The van der Waals surface area contributed by atoms with Crippen LogP contribution < -0.4 is 0 Å². The Morgan fingerprint density at radius 1 is 1.13 bits per heavy atom. The zero-order chi connectivity index (χ0) is 10.7. The molecule has 0 aliphatic rings. The van der Waals surface area contributed by atoms with Crippen LogP contribution in [-0.4, -0.2) is 38.9 Å². The van der Waals surface area contributed by atoms with E-state index in [0.717, 1.165) is 11.6 Å². The van der Waals surface area contributed by atoms with Crippen LogP contribution in [0.4, 0.5) is 0 Å². The molecule has 1 N–H and O–H groups in total. The van der Waals surface area contributed by atoms with Gasteiger partial charge in [-0.2, -0.15) is 0 Å². The number of hydrogen-bond donors (Lipinski definition) is 1. The summed E-state index contributed by atoms with van der Waals surface area (Å²) >= 11 is 0. The topological polar surface area (TPSA) is 57.7 Å². The summed E-state index contributed by atoms with van der Waals surface area (Å²) in [5.41, 5.74) is 0. The van der Waals surface area contributed by atoms with Crippen molar-refractivity contribution in [2.75, 3.05) is 14.1 Å². The van der Waals surface area contributed by atoms with Gasteiger partial charge in [-0.3, -0.25) is 4.90 Å². The molecule has 5 heteroatoms. The van der Waals surface area contributed by atoms with Crippen LogP contribution in [0.25, 0.3) is 0 Å². The quantitative estimate of drug-likeness (QED) is 0.803. The Kier molecular flexibility index (Phi) is 2.73. The third-order valence-electron chi connectivity index (χ3n) is 2.13. The van der Waals surface area contributed by atoms with Gasteiger partial charge in [-0.1, -0.05) is 0 Å². The van der Waals surface area contributed by atoms with E-state index in [9.17, 15) is 0 Å². The molecule has 2 aromatic heterocycles. The summed E-state index contributed by atoms with van der Waals surface area (Å²) in [5, 5.41) is 0. The summed E-state index contributed by atoms with van der Waals surface area (Å²) in [6.07, 6.45) is 7.01. The van der Waals surface area contributed by atoms with Gasteiger partial charge in [0.05, 0.1) is 0 Å². The number of nitrogens with zero attached hydrogens (tertiary/aromatic N) is 4. The Hall–Kier alpha value is -1.75. The highest BCUT2D eigenvalue weighted by molar-refractivity contribution is 5.09. The summed E-state index contributed by atoms with van der Waals surface area (Å²) in [4.78, 5) is 17.8. The molecular weight excluding hydrogens is 190 g/mol. The molecule has 0 aromatic carbocycles. The number of rotatable bonds is 3. The van der Waals surface area contributed by atoms with Crippen molar-refractivity contribution in [2.24, 2.45) is 0 Å². The number of H-pyrrole nitrogens is 1. The maximum absolute atomic E-state index is 4.24. The second-order valence-electron chi connectivity index (χ2n) is 3.45. The van der Waals surface area contributed by atoms with Gasteiger partial charge in [0.15, 0.2) is 5.82 Å². The molecule has 0 bridgehead atoms. The van der Waals surface area contributed by atoms with Gasteiger partial charge in [-0.05, 0) is 20.2 Å². The largest absolute Gasteiger partial charge is 0.347 e. The van der Waals surface area contributed by atoms with E-state index in [1.807, 2.05) is 19.0 Å². The van der Waals surface area contributed by atoms with Crippen molar-refractivity contribution in [3.8, 4) is 0 Å². The monoisotopic (exact) mass is 203 g/mol. The van der Waals surface area contributed by atoms with Crippen molar-refractivity contribution in [1.29, 1.82) is 0 Å². The normalized spacial score (nSPS) is 13.0. The van der Waals surface area contributed by atoms with E-state index >= 15 is 0 Å². The van der Waals surface area contributed by atoms with Gasteiger partial charge in [0, 0.05) is 24.8 Å². The maximum Gasteiger partial charge on any atom is 0.153 e. The highest BCUT2D eigenvalue weighted by atomic mass is 15.2. The van der Waals surface area contributed by atoms with Gasteiger partial charge in [0.1, 0.15) is 11.9 Å². The molecule has 0 saturated heterocycles. The predicted octanol–water partition coefficient (Wildman–Crippen LogP) is 0.851. The summed E-state index contributed by atoms with van der Waals surface area (Å²) in [6, 6.07) is 1.78. The molecule has 0 radical (unpaired) electrons. The number of aromatic nitrogens is 4. The first kappa shape index (κ1) is 9.79. The van der Waals surface area contributed by atoms with Crippen LogP contribution >= 0.6 is 0 Å². The van der Waals surface area contributed by atoms with Crippen LogP contribution in [0.3, 0.4) is 0 Å². The number of hydrogen-bond acceptors (Lipinski definition) is 4. The van der Waals surface area contributed by atoms with E-state index in [2.05, 4.69) is 19.9 Å². The average molecular weight is 203 g/mol. The second kappa shape index (κ2) is 4.18. The van der Waals surface area contributed by atoms with Crippen molar-refractivity contribution in [2.45, 2.75) is 6.04 Å². The van der Waals surface area contributed by atoms with E-state index in [-0.39, 0.29) is 6.04 Å². The molecule has 78 valence electrons. The van der Waals surface area contributed by atoms with Crippen LogP contribution in [0.15, 0.2) is 30.9 Å². The molecule has 1 unspecified atom stereocenters. The fourth-order valence-corrected chi connectivity index (χ4v) is 1.48. The summed E-state index contributed by atoms with van der Waals surface area (Å²) in [5.74, 6) is 1.60. The zero-order valence-electron chi connectivity index (χ0n) is 8.75. The zero-order valence-corrected chi connectivity index (χ0v) is 8.75. The molecule has 0 aliphatic carbocycles. The molecule has 2 heterocycles. The molecule has 2 rings (SSSR count). The molecule has 0 saturated carbocycles. The Labute approximate surface area is 88.2 Å². The average Bonchev–Trinajstić information content (AvgIpc) is 2.72. The second-order valence-corrected chi connectivity index (χ2v) is 3.45. The molecule has 0 spiro atoms. The van der Waals surface area contributed by atoms with Gasteiger partial charge in [0.2, 0.25) is 0 Å². The van der Waals surface area contributed by atoms with E-state index in [4.69, 9.17) is 0 Å². The highest BCUT2D eigenvalue weighted by Gasteiger charge is 2.20. The van der Waals surface area contributed by atoms with Crippen LogP contribution in [0, 0.1) is 0 Å². The van der Waals surface area contributed by atoms with Gasteiger partial charge in [-0.25, -0.2) is 15.0 Å². The fourth-order valence-electron chi connectivity index (χ4n) is 1.48. The lowest BCUT2D eigenvalue weighted by Crippen LogP contribution is -2.24. The molecular formula is C10H13N5. The van der Waals surface area contributed by atoms with Gasteiger partial charge < -0.3 is 4.98 Å². The lowest BCUT2D eigenvalue weighted by Gasteiger charge is -2.20. The minimum atomic E-state index is -0.0267. The Bertz CT molecular complexity index is 395. The fraction of sp³-hybridized carbons (Fsp3) is 0.300. The molecule has 0 amide bonds. The van der Waals surface area contributed by atoms with Crippen LogP contribution in [0.2, 0.25) is 0 Å². The lowest BCUT2D eigenvalue weighted by molar-refractivity contribution is 0.319. The van der Waals surface area contributed by atoms with E-state index < -0.39 is 0 Å². The van der Waals surface area contributed by atoms with Gasteiger partial charge >= 0.3 is 0 Å². The number of nitrogens with one attached hydrogen (secondary N) is 1. The summed E-state index contributed by atoms with van der Waals surface area (Å²) < 4.78 is 0. The standard InChI is InChI=1S/C10H13N5/c1-15(2)8(10-13-6-7-14-10)9-11-4-3-5-12-9/h3-8H,1-2H3,(H,13,14). The van der Waals surface area contributed by atoms with Crippen LogP contribution in [0.1, 0.15) is 17.7 Å². The number of aromatic amines is 1. The van der Waals surface area contributed by atoms with Crippen molar-refractivity contribution in [3.05, 3.63) is 42.5 Å². The smallest absolute Gasteiger partial charge is 0.153 e. The van der Waals surface area contributed by atoms with Crippen molar-refractivity contribution < 1.29 is 0 Å². The lowest BCUT2D eigenvalue weighted by atomic mass is 10.2. The van der Waals surface area contributed by atoms with Crippen molar-refractivity contribution in [1.82, 2.24) is 24.8 Å². The highest BCUT2D eigenvalue weighted by Crippen LogP contribution is 2.19. The third-order valence-corrected chi connectivity index (χ3v) is 2.13. The van der Waals surface area contributed by atoms with E-state index in [0.29, 0.717) is 0 Å². The van der Waals surface area contributed by atoms with Gasteiger partial charge in [-0.15, -0.1) is 0 Å². The van der Waals surface area contributed by atoms with Crippen LogP contribution in [-0.2, 0) is 0 Å². The Morgan fingerprint density at radius 3 is 2.40 bits per heavy atom. The van der Waals surface area contributed by atoms with Crippen molar-refractivity contribution in [3.63, 3.8) is 0 Å². The minimum absolute atomic E-state index is 0.0267. The van der Waals surface area contributed by atoms with E-state index in [1.165, 1.54) is 0 Å². The SMILES string of the molecule is CN(C)C(c1ncccn1)c1ncc[nH]1. The summed E-state index contributed by atoms with van der Waals surface area (Å²) in [7, 11) is 3.95. The molecule has 5 nitrogen and oxygen atoms in total. The maximum atomic E-state index is 4.24. The molecule has 2 aromatic rings. The first-order valence-electron chi connectivity index (χ1n) is 4.71. The van der Waals surface area contributed by atoms with Gasteiger partial charge in [0.25, 0.3) is 0 Å². The van der Waals surface area contributed by atoms with E-state index in [1.54, 1.807) is 30.9 Å². The predicted molar refractivity (Wildman–Crippen MR) is 56.1 cm³/mol. The Morgan fingerprint density at radius 2 is 1.87 bits per heavy atom.